The summed E-state index contributed by atoms with van der Waals surface area (Å²) in [6, 6.07) is 15.1. The Bertz CT molecular complexity index is 1120. The molecule has 204 valence electrons. The summed E-state index contributed by atoms with van der Waals surface area (Å²) in [5.74, 6) is -1.16. The van der Waals surface area contributed by atoms with Crippen LogP contribution < -0.4 is 16.8 Å². The quantitative estimate of drug-likeness (QED) is 0.290. The third-order valence-corrected chi connectivity index (χ3v) is 8.39. The Labute approximate surface area is 220 Å². The van der Waals surface area contributed by atoms with Crippen LogP contribution in [0.1, 0.15) is 39.7 Å². The number of carbonyl (C=O) groups is 2. The summed E-state index contributed by atoms with van der Waals surface area (Å²) in [7, 11) is -3.90. The van der Waals surface area contributed by atoms with Gasteiger partial charge in [0, 0.05) is 13.1 Å². The number of sulfonamides is 1. The average Bonchev–Trinajstić information content (AvgIpc) is 2.86. The minimum absolute atomic E-state index is 0.125. The van der Waals surface area contributed by atoms with E-state index in [9.17, 15) is 23.1 Å². The minimum Gasteiger partial charge on any atom is -0.390 e. The zero-order valence-corrected chi connectivity index (χ0v) is 22.8. The molecule has 10 heteroatoms. The van der Waals surface area contributed by atoms with Gasteiger partial charge in [-0.15, -0.1) is 0 Å². The number of nitrogens with one attached hydrogen (secondary N) is 1. The first-order valence-electron chi connectivity index (χ1n) is 12.4. The van der Waals surface area contributed by atoms with E-state index in [2.05, 4.69) is 5.32 Å². The average molecular weight is 533 g/mol. The number of aliphatic hydroxyl groups is 1. The Morgan fingerprint density at radius 2 is 1.57 bits per heavy atom. The molecule has 3 atom stereocenters. The van der Waals surface area contributed by atoms with Crippen molar-refractivity contribution in [1.29, 1.82) is 0 Å². The summed E-state index contributed by atoms with van der Waals surface area (Å²) >= 11 is 0. The molecule has 6 N–H and O–H groups in total. The number of aliphatic hydroxyl groups excluding tert-OH is 1. The fraction of sp³-hybridized carbons (Fsp3) is 0.481. The standard InChI is InChI=1S/C27H40N4O5S/c1-19(2)15-16-31(37(35,36)21-13-9-6-10-14-21)18-23(32)22(17-20-11-7-5-8-12-20)30-25(33)24(28)27(3,4)26(29)34/h5-14,19,22-24,32H,15-18,28H2,1-4H3,(H2,29,34)(H,30,33)/t22-,23+,24-/m0/s1. The van der Waals surface area contributed by atoms with Crippen molar-refractivity contribution in [2.75, 3.05) is 13.1 Å². The Kier molecular flexibility index (Phi) is 10.8. The van der Waals surface area contributed by atoms with Crippen LogP contribution in [0.3, 0.4) is 0 Å². The molecule has 0 aliphatic rings. The van der Waals surface area contributed by atoms with Gasteiger partial charge in [0.15, 0.2) is 0 Å². The van der Waals surface area contributed by atoms with Gasteiger partial charge in [0.05, 0.1) is 28.5 Å². The van der Waals surface area contributed by atoms with Gasteiger partial charge in [-0.3, -0.25) is 9.59 Å². The van der Waals surface area contributed by atoms with Gasteiger partial charge < -0.3 is 21.9 Å². The Morgan fingerprint density at radius 1 is 1.03 bits per heavy atom. The second-order valence-corrected chi connectivity index (χ2v) is 12.2. The summed E-state index contributed by atoms with van der Waals surface area (Å²) in [5.41, 5.74) is 11.0. The molecule has 0 saturated heterocycles. The fourth-order valence-corrected chi connectivity index (χ4v) is 5.19. The van der Waals surface area contributed by atoms with E-state index < -0.39 is 45.4 Å². The highest BCUT2D eigenvalue weighted by atomic mass is 32.2. The predicted molar refractivity (Wildman–Crippen MR) is 144 cm³/mol. The van der Waals surface area contributed by atoms with Crippen LogP contribution in [0, 0.1) is 11.3 Å². The van der Waals surface area contributed by atoms with Crippen LogP contribution >= 0.6 is 0 Å². The van der Waals surface area contributed by atoms with Crippen LogP contribution in [0.4, 0.5) is 0 Å². The molecule has 0 bridgehead atoms. The number of hydrogen-bond donors (Lipinski definition) is 4. The van der Waals surface area contributed by atoms with Gasteiger partial charge in [-0.05, 0) is 50.3 Å². The molecule has 0 saturated carbocycles. The summed E-state index contributed by atoms with van der Waals surface area (Å²) in [4.78, 5) is 25.0. The van der Waals surface area contributed by atoms with Crippen molar-refractivity contribution in [3.63, 3.8) is 0 Å². The third-order valence-electron chi connectivity index (χ3n) is 6.51. The smallest absolute Gasteiger partial charge is 0.243 e. The molecular weight excluding hydrogens is 492 g/mol. The Morgan fingerprint density at radius 3 is 2.08 bits per heavy atom. The first kappa shape index (κ1) is 30.4. The molecule has 2 amide bonds. The zero-order chi connectivity index (χ0) is 27.8. The molecule has 37 heavy (non-hydrogen) atoms. The van der Waals surface area contributed by atoms with Gasteiger partial charge in [-0.1, -0.05) is 62.4 Å². The molecule has 0 aromatic heterocycles. The van der Waals surface area contributed by atoms with Crippen LogP contribution in [-0.4, -0.2) is 60.9 Å². The van der Waals surface area contributed by atoms with Crippen molar-refractivity contribution < 1.29 is 23.1 Å². The van der Waals surface area contributed by atoms with Crippen molar-refractivity contribution in [3.05, 3.63) is 66.2 Å². The Hall–Kier alpha value is -2.79. The van der Waals surface area contributed by atoms with E-state index in [1.54, 1.807) is 18.2 Å². The summed E-state index contributed by atoms with van der Waals surface area (Å²) in [6.07, 6.45) is -0.453. The lowest BCUT2D eigenvalue weighted by Gasteiger charge is -2.33. The highest BCUT2D eigenvalue weighted by Crippen LogP contribution is 2.21. The molecule has 0 unspecified atom stereocenters. The minimum atomic E-state index is -3.90. The van der Waals surface area contributed by atoms with Gasteiger partial charge in [0.25, 0.3) is 0 Å². The highest BCUT2D eigenvalue weighted by molar-refractivity contribution is 7.89. The maximum absolute atomic E-state index is 13.5. The van der Waals surface area contributed by atoms with E-state index in [4.69, 9.17) is 11.5 Å². The normalized spacial score (nSPS) is 14.8. The fourth-order valence-electron chi connectivity index (χ4n) is 3.69. The first-order valence-corrected chi connectivity index (χ1v) is 13.8. The molecule has 0 aliphatic carbocycles. The molecule has 0 radical (unpaired) electrons. The number of nitrogens with zero attached hydrogens (tertiary/aromatic N) is 1. The number of primary amides is 1. The van der Waals surface area contributed by atoms with Gasteiger partial charge in [0.1, 0.15) is 0 Å². The molecule has 0 spiro atoms. The van der Waals surface area contributed by atoms with Crippen LogP contribution in [0.25, 0.3) is 0 Å². The second kappa shape index (κ2) is 13.1. The lowest BCUT2D eigenvalue weighted by molar-refractivity contribution is -0.135. The van der Waals surface area contributed by atoms with E-state index in [0.717, 1.165) is 5.56 Å². The van der Waals surface area contributed by atoms with Gasteiger partial charge in [-0.2, -0.15) is 4.31 Å². The van der Waals surface area contributed by atoms with Crippen molar-refractivity contribution in [3.8, 4) is 0 Å². The monoisotopic (exact) mass is 532 g/mol. The number of hydrogen-bond acceptors (Lipinski definition) is 6. The van der Waals surface area contributed by atoms with Crippen molar-refractivity contribution in [2.24, 2.45) is 22.8 Å². The van der Waals surface area contributed by atoms with Crippen molar-refractivity contribution in [2.45, 2.75) is 63.6 Å². The molecule has 2 rings (SSSR count). The second-order valence-electron chi connectivity index (χ2n) is 10.3. The Balaban J connectivity index is 2.35. The summed E-state index contributed by atoms with van der Waals surface area (Å²) < 4.78 is 28.2. The van der Waals surface area contributed by atoms with E-state index in [1.807, 2.05) is 44.2 Å². The molecule has 2 aromatic carbocycles. The maximum atomic E-state index is 13.5. The molecule has 0 aliphatic heterocycles. The number of carbonyl (C=O) groups excluding carboxylic acids is 2. The number of nitrogens with two attached hydrogens (primary N) is 2. The number of rotatable bonds is 14. The molecule has 0 fully saturated rings. The van der Waals surface area contributed by atoms with E-state index in [-0.39, 0.29) is 30.3 Å². The zero-order valence-electron chi connectivity index (χ0n) is 22.0. The van der Waals surface area contributed by atoms with Crippen LogP contribution in [0.5, 0.6) is 0 Å². The van der Waals surface area contributed by atoms with Crippen molar-refractivity contribution >= 4 is 21.8 Å². The van der Waals surface area contributed by atoms with E-state index in [0.29, 0.717) is 6.42 Å². The molecule has 2 aromatic rings. The third kappa shape index (κ3) is 8.36. The SMILES string of the molecule is CC(C)CCN(C[C@@H](O)[C@H](Cc1ccccc1)NC(=O)[C@H](N)C(C)(C)C(N)=O)S(=O)(=O)c1ccccc1. The topological polar surface area (TPSA) is 156 Å². The highest BCUT2D eigenvalue weighted by Gasteiger charge is 2.39. The van der Waals surface area contributed by atoms with Crippen LogP contribution in [0.2, 0.25) is 0 Å². The molecular formula is C27H40N4O5S. The number of amides is 2. The first-order chi connectivity index (χ1) is 17.3. The van der Waals surface area contributed by atoms with Crippen LogP contribution in [0.15, 0.2) is 65.6 Å². The largest absolute Gasteiger partial charge is 0.390 e. The molecule has 9 nitrogen and oxygen atoms in total. The van der Waals surface area contributed by atoms with Crippen LogP contribution in [-0.2, 0) is 26.0 Å². The van der Waals surface area contributed by atoms with Gasteiger partial charge in [-0.25, -0.2) is 8.42 Å². The summed E-state index contributed by atoms with van der Waals surface area (Å²) in [5, 5.41) is 14.0. The van der Waals surface area contributed by atoms with Gasteiger partial charge in [0.2, 0.25) is 21.8 Å². The van der Waals surface area contributed by atoms with Crippen molar-refractivity contribution in [1.82, 2.24) is 9.62 Å². The molecule has 0 heterocycles. The van der Waals surface area contributed by atoms with E-state index in [1.165, 1.54) is 30.3 Å². The lowest BCUT2D eigenvalue weighted by atomic mass is 9.83. The van der Waals surface area contributed by atoms with Gasteiger partial charge >= 0.3 is 0 Å². The summed E-state index contributed by atoms with van der Waals surface area (Å²) in [6.45, 7) is 6.89. The maximum Gasteiger partial charge on any atom is 0.243 e. The lowest BCUT2D eigenvalue weighted by Crippen LogP contribution is -2.59. The predicted octanol–water partition coefficient (Wildman–Crippen LogP) is 1.65. The van der Waals surface area contributed by atoms with E-state index >= 15 is 0 Å². The number of benzene rings is 2.